The van der Waals surface area contributed by atoms with Crippen molar-refractivity contribution in [3.8, 4) is 5.75 Å². The third kappa shape index (κ3) is 8.80. The molecule has 4 nitrogen and oxygen atoms in total. The Morgan fingerprint density at radius 3 is 2.21 bits per heavy atom. The van der Waals surface area contributed by atoms with Crippen LogP contribution in [-0.4, -0.2) is 30.1 Å². The zero-order valence-electron chi connectivity index (χ0n) is 18.2. The molecule has 2 aromatic rings. The van der Waals surface area contributed by atoms with Crippen LogP contribution in [0.2, 0.25) is 0 Å². The van der Waals surface area contributed by atoms with Gasteiger partial charge in [-0.15, -0.1) is 0 Å². The van der Waals surface area contributed by atoms with E-state index < -0.39 is 6.10 Å². The molecule has 0 saturated heterocycles. The Balaban J connectivity index is 1.72. The molecule has 0 saturated carbocycles. The topological polar surface area (TPSA) is 63.1 Å². The average molecular weight is 399 g/mol. The van der Waals surface area contributed by atoms with E-state index in [-0.39, 0.29) is 12.4 Å². The second-order valence-corrected chi connectivity index (χ2v) is 8.41. The Labute approximate surface area is 175 Å². The van der Waals surface area contributed by atoms with Crippen LogP contribution < -0.4 is 10.1 Å². The molecule has 2 rings (SSSR count). The number of Topliss-reactive ketones (excluding diaryl/α,β-unsaturated/α-hetero) is 1. The number of aliphatic hydroxyl groups is 1. The Hall–Kier alpha value is -2.17. The van der Waals surface area contributed by atoms with Crippen LogP contribution in [-0.2, 0) is 17.6 Å². The molecule has 0 aliphatic heterocycles. The highest BCUT2D eigenvalue weighted by Gasteiger charge is 2.13. The van der Waals surface area contributed by atoms with Crippen molar-refractivity contribution < 1.29 is 20.0 Å². The predicted molar refractivity (Wildman–Crippen MR) is 117 cm³/mol. The predicted octanol–water partition coefficient (Wildman–Crippen LogP) is 3.47. The third-order valence-electron chi connectivity index (χ3n) is 5.04. The molecule has 3 N–H and O–H groups in total. The van der Waals surface area contributed by atoms with Gasteiger partial charge in [-0.1, -0.05) is 50.2 Å². The van der Waals surface area contributed by atoms with Crippen LogP contribution in [0.1, 0.15) is 56.8 Å². The van der Waals surface area contributed by atoms with Gasteiger partial charge in [0.2, 0.25) is 0 Å². The molecule has 0 amide bonds. The number of aliphatic hydroxyl groups excluding tert-OH is 1. The summed E-state index contributed by atoms with van der Waals surface area (Å²) in [7, 11) is 0. The SMILES string of the molecule is CC(=O)CCc1ccc(OC[C@H](O)C[NH2+][C@H](C)c2ccc(CC(C)C)cc2)cc1. The maximum Gasteiger partial charge on any atom is 0.137 e. The van der Waals surface area contributed by atoms with Gasteiger partial charge in [-0.3, -0.25) is 0 Å². The summed E-state index contributed by atoms with van der Waals surface area (Å²) in [6.07, 6.45) is 1.89. The number of rotatable bonds is 12. The number of carbonyl (C=O) groups is 1. The standard InChI is InChI=1S/C25H35NO3/c1-18(2)15-22-7-11-23(12-8-22)20(4)26-16-24(28)17-29-25-13-9-21(10-14-25)6-5-19(3)27/h7-14,18,20,24,26,28H,5-6,15-17H2,1-4H3/p+1/t20-,24-/m1/s1. The van der Waals surface area contributed by atoms with Crippen molar-refractivity contribution in [2.75, 3.05) is 13.2 Å². The molecule has 0 bridgehead atoms. The number of ketones is 1. The van der Waals surface area contributed by atoms with Crippen LogP contribution in [0.3, 0.4) is 0 Å². The van der Waals surface area contributed by atoms with Crippen molar-refractivity contribution in [2.45, 2.75) is 59.1 Å². The van der Waals surface area contributed by atoms with Gasteiger partial charge in [0.25, 0.3) is 0 Å². The van der Waals surface area contributed by atoms with Gasteiger partial charge in [-0.2, -0.15) is 0 Å². The number of carbonyl (C=O) groups excluding carboxylic acids is 1. The van der Waals surface area contributed by atoms with Gasteiger partial charge in [0, 0.05) is 12.0 Å². The zero-order chi connectivity index (χ0) is 21.2. The van der Waals surface area contributed by atoms with Crippen molar-refractivity contribution in [3.63, 3.8) is 0 Å². The molecule has 4 heteroatoms. The Bertz CT molecular complexity index is 738. The molecule has 0 heterocycles. The maximum absolute atomic E-state index is 11.1. The molecule has 0 aromatic heterocycles. The van der Waals surface area contributed by atoms with E-state index in [0.717, 1.165) is 24.2 Å². The minimum absolute atomic E-state index is 0.199. The van der Waals surface area contributed by atoms with Crippen LogP contribution in [0, 0.1) is 5.92 Å². The summed E-state index contributed by atoms with van der Waals surface area (Å²) in [5.74, 6) is 1.60. The Morgan fingerprint density at radius 2 is 1.62 bits per heavy atom. The third-order valence-corrected chi connectivity index (χ3v) is 5.04. The lowest BCUT2D eigenvalue weighted by Crippen LogP contribution is -2.87. The van der Waals surface area contributed by atoms with Gasteiger partial charge in [-0.25, -0.2) is 0 Å². The van der Waals surface area contributed by atoms with E-state index in [1.54, 1.807) is 6.92 Å². The van der Waals surface area contributed by atoms with Crippen molar-refractivity contribution in [1.82, 2.24) is 0 Å². The number of ether oxygens (including phenoxy) is 1. The average Bonchev–Trinajstić information content (AvgIpc) is 2.69. The van der Waals surface area contributed by atoms with Crippen LogP contribution in [0.15, 0.2) is 48.5 Å². The first-order valence-electron chi connectivity index (χ1n) is 10.6. The van der Waals surface area contributed by atoms with E-state index in [2.05, 4.69) is 50.4 Å². The van der Waals surface area contributed by atoms with Crippen LogP contribution >= 0.6 is 0 Å². The molecule has 158 valence electrons. The normalized spacial score (nSPS) is 13.3. The van der Waals surface area contributed by atoms with Crippen molar-refractivity contribution in [1.29, 1.82) is 0 Å². The Morgan fingerprint density at radius 1 is 1.00 bits per heavy atom. The van der Waals surface area contributed by atoms with Gasteiger partial charge in [0.1, 0.15) is 36.8 Å². The minimum atomic E-state index is -0.532. The fourth-order valence-corrected chi connectivity index (χ4v) is 3.26. The number of quaternary nitrogens is 1. The lowest BCUT2D eigenvalue weighted by Gasteiger charge is -2.16. The summed E-state index contributed by atoms with van der Waals surface area (Å²) in [4.78, 5) is 11.1. The molecular weight excluding hydrogens is 362 g/mol. The van der Waals surface area contributed by atoms with Crippen molar-refractivity contribution >= 4 is 5.78 Å². The van der Waals surface area contributed by atoms with Gasteiger partial charge in [-0.05, 0) is 55.9 Å². The van der Waals surface area contributed by atoms with Crippen molar-refractivity contribution in [2.24, 2.45) is 5.92 Å². The molecule has 2 aromatic carbocycles. The zero-order valence-corrected chi connectivity index (χ0v) is 18.2. The first kappa shape index (κ1) is 23.1. The highest BCUT2D eigenvalue weighted by molar-refractivity contribution is 5.75. The van der Waals surface area contributed by atoms with E-state index in [9.17, 15) is 9.90 Å². The second kappa shape index (κ2) is 11.7. The largest absolute Gasteiger partial charge is 0.491 e. The van der Waals surface area contributed by atoms with E-state index in [1.807, 2.05) is 24.3 Å². The summed E-state index contributed by atoms with van der Waals surface area (Å²) in [5, 5.41) is 12.4. The fourth-order valence-electron chi connectivity index (χ4n) is 3.26. The van der Waals surface area contributed by atoms with E-state index in [1.165, 1.54) is 11.1 Å². The lowest BCUT2D eigenvalue weighted by molar-refractivity contribution is -0.698. The highest BCUT2D eigenvalue weighted by atomic mass is 16.5. The molecular formula is C25H36NO3+. The van der Waals surface area contributed by atoms with Crippen LogP contribution in [0.5, 0.6) is 5.75 Å². The van der Waals surface area contributed by atoms with E-state index in [4.69, 9.17) is 4.74 Å². The molecule has 0 unspecified atom stereocenters. The quantitative estimate of drug-likeness (QED) is 0.575. The summed E-state index contributed by atoms with van der Waals surface area (Å²) in [6, 6.07) is 16.8. The van der Waals surface area contributed by atoms with Gasteiger partial charge >= 0.3 is 0 Å². The molecule has 2 atom stereocenters. The lowest BCUT2D eigenvalue weighted by atomic mass is 10.00. The van der Waals surface area contributed by atoms with Crippen LogP contribution in [0.4, 0.5) is 0 Å². The number of benzene rings is 2. The number of aryl methyl sites for hydroxylation is 1. The van der Waals surface area contributed by atoms with E-state index in [0.29, 0.717) is 24.9 Å². The number of hydrogen-bond donors (Lipinski definition) is 2. The Kier molecular flexibility index (Phi) is 9.36. The molecule has 0 radical (unpaired) electrons. The summed E-state index contributed by atoms with van der Waals surface area (Å²) >= 11 is 0. The molecule has 0 fully saturated rings. The van der Waals surface area contributed by atoms with Crippen molar-refractivity contribution in [3.05, 3.63) is 65.2 Å². The first-order chi connectivity index (χ1) is 13.8. The monoisotopic (exact) mass is 398 g/mol. The molecule has 0 spiro atoms. The summed E-state index contributed by atoms with van der Waals surface area (Å²) < 4.78 is 5.70. The summed E-state index contributed by atoms with van der Waals surface area (Å²) in [5.41, 5.74) is 3.76. The maximum atomic E-state index is 11.1. The van der Waals surface area contributed by atoms with Gasteiger partial charge in [0.15, 0.2) is 0 Å². The molecule has 0 aliphatic rings. The smallest absolute Gasteiger partial charge is 0.137 e. The molecule has 29 heavy (non-hydrogen) atoms. The fraction of sp³-hybridized carbons (Fsp3) is 0.480. The highest BCUT2D eigenvalue weighted by Crippen LogP contribution is 2.15. The minimum Gasteiger partial charge on any atom is -0.491 e. The molecule has 0 aliphatic carbocycles. The number of nitrogens with two attached hydrogens (primary N) is 1. The van der Waals surface area contributed by atoms with Gasteiger partial charge in [0.05, 0.1) is 0 Å². The second-order valence-electron chi connectivity index (χ2n) is 8.41. The first-order valence-corrected chi connectivity index (χ1v) is 10.6. The number of hydrogen-bond acceptors (Lipinski definition) is 3. The van der Waals surface area contributed by atoms with Gasteiger partial charge < -0.3 is 20.0 Å². The van der Waals surface area contributed by atoms with Crippen LogP contribution in [0.25, 0.3) is 0 Å². The summed E-state index contributed by atoms with van der Waals surface area (Å²) in [6.45, 7) is 9.09. The van der Waals surface area contributed by atoms with E-state index >= 15 is 0 Å².